The van der Waals surface area contributed by atoms with Crippen LogP contribution < -0.4 is 15.1 Å². The summed E-state index contributed by atoms with van der Waals surface area (Å²) in [6, 6.07) is 13.6. The summed E-state index contributed by atoms with van der Waals surface area (Å²) in [7, 11) is 0. The van der Waals surface area contributed by atoms with E-state index in [1.165, 1.54) is 0 Å². The van der Waals surface area contributed by atoms with Gasteiger partial charge in [-0.1, -0.05) is 18.2 Å². The highest BCUT2D eigenvalue weighted by Gasteiger charge is 2.34. The van der Waals surface area contributed by atoms with Gasteiger partial charge in [0, 0.05) is 35.0 Å². The molecule has 3 heterocycles. The predicted molar refractivity (Wildman–Crippen MR) is 126 cm³/mol. The Morgan fingerprint density at radius 2 is 1.97 bits per heavy atom. The molecule has 6 heteroatoms. The van der Waals surface area contributed by atoms with Crippen LogP contribution in [0.5, 0.6) is 11.5 Å². The molecule has 2 aromatic heterocycles. The topological polar surface area (TPSA) is 78.6 Å². The van der Waals surface area contributed by atoms with Gasteiger partial charge in [0.25, 0.3) is 0 Å². The Kier molecular flexibility index (Phi) is 4.94. The highest BCUT2D eigenvalue weighted by molar-refractivity contribution is 5.94. The molecule has 0 bridgehead atoms. The van der Waals surface area contributed by atoms with Crippen molar-refractivity contribution in [3.8, 4) is 11.5 Å². The Morgan fingerprint density at radius 1 is 1.09 bits per heavy atom. The molecule has 0 fully saturated rings. The van der Waals surface area contributed by atoms with Gasteiger partial charge in [-0.2, -0.15) is 0 Å². The van der Waals surface area contributed by atoms with E-state index >= 15 is 0 Å². The Morgan fingerprint density at radius 3 is 2.82 bits per heavy atom. The molecule has 0 radical (unpaired) electrons. The van der Waals surface area contributed by atoms with Crippen molar-refractivity contribution in [3.05, 3.63) is 98.7 Å². The van der Waals surface area contributed by atoms with Crippen molar-refractivity contribution in [1.82, 2.24) is 4.98 Å². The molecule has 0 saturated heterocycles. The highest BCUT2D eigenvalue weighted by atomic mass is 16.5. The molecule has 2 aliphatic rings. The average Bonchev–Trinajstić information content (AvgIpc) is 3.33. The first-order chi connectivity index (χ1) is 16.6. The first kappa shape index (κ1) is 20.7. The number of hydrogen-bond acceptors (Lipinski definition) is 6. The van der Waals surface area contributed by atoms with Crippen LogP contribution in [-0.2, 0) is 24.2 Å². The van der Waals surface area contributed by atoms with E-state index in [9.17, 15) is 9.59 Å². The maximum absolute atomic E-state index is 12.8. The van der Waals surface area contributed by atoms with Crippen LogP contribution in [0.25, 0.3) is 11.0 Å². The third-order valence-electron chi connectivity index (χ3n) is 6.78. The van der Waals surface area contributed by atoms with Crippen molar-refractivity contribution < 1.29 is 18.7 Å². The molecule has 6 nitrogen and oxygen atoms in total. The second-order valence-electron chi connectivity index (χ2n) is 8.96. The van der Waals surface area contributed by atoms with Crippen LogP contribution in [0.15, 0.2) is 64.1 Å². The van der Waals surface area contributed by atoms with Crippen molar-refractivity contribution in [1.29, 1.82) is 0 Å². The lowest BCUT2D eigenvalue weighted by atomic mass is 9.82. The fourth-order valence-corrected chi connectivity index (χ4v) is 5.26. The Bertz CT molecular complexity index is 1490. The minimum absolute atomic E-state index is 0.174. The molecular weight excluding hydrogens is 430 g/mol. The molecule has 1 aliphatic carbocycles. The second kappa shape index (κ2) is 8.13. The quantitative estimate of drug-likeness (QED) is 0.246. The first-order valence-electron chi connectivity index (χ1n) is 11.5. The number of aromatic nitrogens is 1. The van der Waals surface area contributed by atoms with Crippen LogP contribution in [-0.4, -0.2) is 11.0 Å². The van der Waals surface area contributed by atoms with Gasteiger partial charge in [-0.15, -0.1) is 0 Å². The number of fused-ring (bicyclic) bond motifs is 5. The molecule has 0 spiro atoms. The second-order valence-corrected chi connectivity index (χ2v) is 8.96. The number of hydrogen-bond donors (Lipinski definition) is 0. The summed E-state index contributed by atoms with van der Waals surface area (Å²) >= 11 is 0. The number of ether oxygens (including phenoxy) is 2. The van der Waals surface area contributed by atoms with E-state index in [1.54, 1.807) is 12.4 Å². The zero-order chi connectivity index (χ0) is 23.2. The largest absolute Gasteiger partial charge is 0.489 e. The van der Waals surface area contributed by atoms with Crippen molar-refractivity contribution >= 4 is 16.9 Å². The van der Waals surface area contributed by atoms with Crippen molar-refractivity contribution in [3.63, 3.8) is 0 Å². The van der Waals surface area contributed by atoms with Crippen LogP contribution in [0.1, 0.15) is 52.1 Å². The first-order valence-corrected chi connectivity index (χ1v) is 11.5. The van der Waals surface area contributed by atoms with Crippen molar-refractivity contribution in [2.45, 2.75) is 45.1 Å². The lowest BCUT2D eigenvalue weighted by Gasteiger charge is -2.28. The summed E-state index contributed by atoms with van der Waals surface area (Å²) in [5, 5.41) is 0.773. The van der Waals surface area contributed by atoms with Crippen LogP contribution in [0.4, 0.5) is 0 Å². The van der Waals surface area contributed by atoms with E-state index in [2.05, 4.69) is 4.98 Å². The number of rotatable bonds is 4. The SMILES string of the molecule is Cc1cc2oc(=O)c3c(c2c2c1[C@H](c1cccc(OCc4cccnc4)c1)CC(=O)O2)CCC3. The van der Waals surface area contributed by atoms with Gasteiger partial charge in [-0.05, 0) is 67.1 Å². The highest BCUT2D eigenvalue weighted by Crippen LogP contribution is 2.47. The lowest BCUT2D eigenvalue weighted by molar-refractivity contribution is -0.135. The van der Waals surface area contributed by atoms with E-state index in [-0.39, 0.29) is 23.9 Å². The van der Waals surface area contributed by atoms with Gasteiger partial charge < -0.3 is 13.9 Å². The van der Waals surface area contributed by atoms with Gasteiger partial charge in [-0.25, -0.2) is 4.79 Å². The van der Waals surface area contributed by atoms with Crippen LogP contribution in [0.2, 0.25) is 0 Å². The van der Waals surface area contributed by atoms with E-state index in [0.29, 0.717) is 29.9 Å². The summed E-state index contributed by atoms with van der Waals surface area (Å²) in [6.45, 7) is 2.38. The molecule has 1 atom stereocenters. The summed E-state index contributed by atoms with van der Waals surface area (Å²) in [4.78, 5) is 29.4. The third kappa shape index (κ3) is 3.46. The van der Waals surface area contributed by atoms with E-state index in [0.717, 1.165) is 51.8 Å². The van der Waals surface area contributed by atoms with Crippen molar-refractivity contribution in [2.24, 2.45) is 0 Å². The molecule has 170 valence electrons. The fourth-order valence-electron chi connectivity index (χ4n) is 5.26. The number of nitrogens with zero attached hydrogens (tertiary/aromatic N) is 1. The minimum Gasteiger partial charge on any atom is -0.489 e. The molecule has 0 saturated carbocycles. The molecule has 0 N–H and O–H groups in total. The van der Waals surface area contributed by atoms with Gasteiger partial charge in [-0.3, -0.25) is 9.78 Å². The molecule has 34 heavy (non-hydrogen) atoms. The van der Waals surface area contributed by atoms with Gasteiger partial charge in [0.05, 0.1) is 11.8 Å². The zero-order valence-electron chi connectivity index (χ0n) is 18.8. The number of esters is 1. The molecule has 0 amide bonds. The number of aryl methyl sites for hydroxylation is 2. The Labute approximate surface area is 196 Å². The normalized spacial score (nSPS) is 16.7. The molecule has 4 aromatic rings. The molecule has 0 unspecified atom stereocenters. The molecule has 1 aliphatic heterocycles. The van der Waals surface area contributed by atoms with Gasteiger partial charge in [0.2, 0.25) is 0 Å². The third-order valence-corrected chi connectivity index (χ3v) is 6.78. The Balaban J connectivity index is 1.44. The number of carbonyl (C=O) groups excluding carboxylic acids is 1. The fraction of sp³-hybridized carbons (Fsp3) is 0.250. The van der Waals surface area contributed by atoms with Gasteiger partial charge in [0.15, 0.2) is 0 Å². The number of pyridine rings is 1. The van der Waals surface area contributed by atoms with Crippen LogP contribution in [0.3, 0.4) is 0 Å². The lowest BCUT2D eigenvalue weighted by Crippen LogP contribution is -2.23. The van der Waals surface area contributed by atoms with Gasteiger partial charge in [0.1, 0.15) is 23.7 Å². The molecule has 2 aromatic carbocycles. The Hall–Kier alpha value is -3.93. The molecule has 6 rings (SSSR count). The average molecular weight is 453 g/mol. The smallest absolute Gasteiger partial charge is 0.339 e. The van der Waals surface area contributed by atoms with Gasteiger partial charge >= 0.3 is 11.6 Å². The van der Waals surface area contributed by atoms with Crippen LogP contribution >= 0.6 is 0 Å². The maximum Gasteiger partial charge on any atom is 0.339 e. The summed E-state index contributed by atoms with van der Waals surface area (Å²) in [6.07, 6.45) is 6.13. The monoisotopic (exact) mass is 453 g/mol. The minimum atomic E-state index is -0.288. The summed E-state index contributed by atoms with van der Waals surface area (Å²) in [5.74, 6) is 0.808. The summed E-state index contributed by atoms with van der Waals surface area (Å²) in [5.41, 5.74) is 5.75. The predicted octanol–water partition coefficient (Wildman–Crippen LogP) is 5.01. The zero-order valence-corrected chi connectivity index (χ0v) is 18.8. The van der Waals surface area contributed by atoms with Crippen LogP contribution in [0, 0.1) is 6.92 Å². The number of benzene rings is 2. The van der Waals surface area contributed by atoms with E-state index in [4.69, 9.17) is 13.9 Å². The molecular formula is C28H23NO5. The maximum atomic E-state index is 12.8. The number of carbonyl (C=O) groups is 1. The standard InChI is InChI=1S/C28H23NO5/c1-16-11-23-26(20-8-3-9-21(20)28(31)33-23)27-25(16)22(13-24(30)34-27)18-6-2-7-19(12-18)32-15-17-5-4-10-29-14-17/h2,4-7,10-12,14,22H,3,8-9,13,15H2,1H3/t22-/m0/s1. The van der Waals surface area contributed by atoms with E-state index < -0.39 is 0 Å². The summed E-state index contributed by atoms with van der Waals surface area (Å²) < 4.78 is 17.5. The van der Waals surface area contributed by atoms with E-state index in [1.807, 2.05) is 49.4 Å². The van der Waals surface area contributed by atoms with Crippen molar-refractivity contribution in [2.75, 3.05) is 0 Å².